The fraction of sp³-hybridized carbons (Fsp3) is 0.750. The molecule has 74 valence electrons. The minimum atomic E-state index is -0.309. The van der Waals surface area contributed by atoms with Gasteiger partial charge in [-0.15, -0.1) is 0 Å². The molecule has 0 radical (unpaired) electrons. The Balaban J connectivity index is 2.23. The predicted octanol–water partition coefficient (Wildman–Crippen LogP) is -0.891. The van der Waals surface area contributed by atoms with Gasteiger partial charge in [-0.3, -0.25) is 14.5 Å². The van der Waals surface area contributed by atoms with Crippen LogP contribution in [0.4, 0.5) is 0 Å². The van der Waals surface area contributed by atoms with Crippen molar-refractivity contribution in [3.8, 4) is 0 Å². The molecule has 0 aromatic carbocycles. The van der Waals surface area contributed by atoms with Crippen molar-refractivity contribution in [1.82, 2.24) is 4.90 Å². The lowest BCUT2D eigenvalue weighted by Crippen LogP contribution is -2.55. The van der Waals surface area contributed by atoms with Crippen molar-refractivity contribution in [3.05, 3.63) is 0 Å². The second kappa shape index (κ2) is 4.23. The van der Waals surface area contributed by atoms with Gasteiger partial charge in [-0.05, 0) is 6.42 Å². The quantitative estimate of drug-likeness (QED) is 0.578. The highest BCUT2D eigenvalue weighted by atomic mass is 16.5. The molecule has 1 atom stereocenters. The van der Waals surface area contributed by atoms with Gasteiger partial charge in [-0.1, -0.05) is 0 Å². The fourth-order valence-corrected chi connectivity index (χ4v) is 1.37. The van der Waals surface area contributed by atoms with Crippen LogP contribution in [0.25, 0.3) is 0 Å². The first-order chi connectivity index (χ1) is 6.15. The lowest BCUT2D eigenvalue weighted by Gasteiger charge is -2.38. The van der Waals surface area contributed by atoms with Crippen LogP contribution in [0.5, 0.6) is 0 Å². The summed E-state index contributed by atoms with van der Waals surface area (Å²) in [5.74, 6) is -0.564. The van der Waals surface area contributed by atoms with Crippen LogP contribution in [0.2, 0.25) is 0 Å². The van der Waals surface area contributed by atoms with E-state index < -0.39 is 0 Å². The third kappa shape index (κ3) is 2.42. The Kier molecular flexibility index (Phi) is 3.25. The maximum absolute atomic E-state index is 10.8. The van der Waals surface area contributed by atoms with Gasteiger partial charge in [0.1, 0.15) is 0 Å². The molecule has 1 fully saturated rings. The monoisotopic (exact) mass is 186 g/mol. The third-order valence-electron chi connectivity index (χ3n) is 2.29. The third-order valence-corrected chi connectivity index (χ3v) is 2.29. The molecule has 1 aliphatic rings. The highest BCUT2D eigenvalue weighted by Crippen LogP contribution is 2.16. The van der Waals surface area contributed by atoms with E-state index in [0.717, 1.165) is 13.0 Å². The summed E-state index contributed by atoms with van der Waals surface area (Å²) in [6.45, 7) is 1.39. The van der Waals surface area contributed by atoms with Crippen LogP contribution in [0.15, 0.2) is 0 Å². The number of primary amides is 1. The Labute approximate surface area is 76.8 Å². The molecule has 0 aromatic rings. The molecule has 1 heterocycles. The van der Waals surface area contributed by atoms with Crippen LogP contribution < -0.4 is 5.73 Å². The summed E-state index contributed by atoms with van der Waals surface area (Å²) >= 11 is 0. The summed E-state index contributed by atoms with van der Waals surface area (Å²) in [4.78, 5) is 23.4. The summed E-state index contributed by atoms with van der Waals surface area (Å²) in [6, 6.07) is -0.176. The first-order valence-electron chi connectivity index (χ1n) is 4.25. The average Bonchev–Trinajstić information content (AvgIpc) is 2.01. The van der Waals surface area contributed by atoms with Crippen molar-refractivity contribution in [2.24, 2.45) is 5.73 Å². The second-order valence-corrected chi connectivity index (χ2v) is 3.07. The number of hydrogen-bond acceptors (Lipinski definition) is 4. The van der Waals surface area contributed by atoms with Crippen molar-refractivity contribution < 1.29 is 14.3 Å². The lowest BCUT2D eigenvalue weighted by molar-refractivity contribution is -0.142. The number of carbonyl (C=O) groups is 2. The molecule has 1 rings (SSSR count). The van der Waals surface area contributed by atoms with Gasteiger partial charge in [-0.2, -0.15) is 0 Å². The topological polar surface area (TPSA) is 72.6 Å². The van der Waals surface area contributed by atoms with E-state index in [1.807, 2.05) is 4.90 Å². The van der Waals surface area contributed by atoms with Gasteiger partial charge < -0.3 is 10.5 Å². The van der Waals surface area contributed by atoms with Crippen molar-refractivity contribution in [3.63, 3.8) is 0 Å². The van der Waals surface area contributed by atoms with Crippen molar-refractivity contribution in [1.29, 1.82) is 0 Å². The maximum atomic E-state index is 10.8. The molecule has 0 bridgehead atoms. The van der Waals surface area contributed by atoms with E-state index in [4.69, 9.17) is 5.73 Å². The molecule has 0 aromatic heterocycles. The lowest BCUT2D eigenvalue weighted by atomic mass is 10.0. The number of amides is 1. The molecule has 1 aliphatic heterocycles. The van der Waals surface area contributed by atoms with Gasteiger partial charge in [0.25, 0.3) is 0 Å². The minimum Gasteiger partial charge on any atom is -0.469 e. The predicted molar refractivity (Wildman–Crippen MR) is 45.8 cm³/mol. The van der Waals surface area contributed by atoms with Crippen molar-refractivity contribution in [2.75, 3.05) is 20.2 Å². The SMILES string of the molecule is COC(=O)CCN1CCC1C(N)=O. The molecule has 5 heteroatoms. The number of likely N-dealkylation sites (tertiary alicyclic amines) is 1. The van der Waals surface area contributed by atoms with E-state index >= 15 is 0 Å². The number of hydrogen-bond donors (Lipinski definition) is 1. The van der Waals surface area contributed by atoms with Crippen LogP contribution >= 0.6 is 0 Å². The normalized spacial score (nSPS) is 22.1. The summed E-state index contributed by atoms with van der Waals surface area (Å²) < 4.78 is 4.48. The Hall–Kier alpha value is -1.10. The van der Waals surface area contributed by atoms with E-state index in [-0.39, 0.29) is 17.9 Å². The molecule has 0 aliphatic carbocycles. The largest absolute Gasteiger partial charge is 0.469 e. The van der Waals surface area contributed by atoms with E-state index in [1.54, 1.807) is 0 Å². The first kappa shape index (κ1) is 9.98. The van der Waals surface area contributed by atoms with Crippen LogP contribution in [-0.4, -0.2) is 43.0 Å². The highest BCUT2D eigenvalue weighted by Gasteiger charge is 2.32. The zero-order valence-electron chi connectivity index (χ0n) is 7.66. The fourth-order valence-electron chi connectivity index (χ4n) is 1.37. The Bertz CT molecular complexity index is 217. The van der Waals surface area contributed by atoms with Crippen LogP contribution in [0.3, 0.4) is 0 Å². The Morgan fingerprint density at radius 2 is 2.31 bits per heavy atom. The molecule has 1 amide bonds. The van der Waals surface area contributed by atoms with Gasteiger partial charge in [0.2, 0.25) is 5.91 Å². The number of rotatable bonds is 4. The van der Waals surface area contributed by atoms with Crippen LogP contribution in [-0.2, 0) is 14.3 Å². The van der Waals surface area contributed by atoms with Gasteiger partial charge in [0.05, 0.1) is 19.6 Å². The second-order valence-electron chi connectivity index (χ2n) is 3.07. The Morgan fingerprint density at radius 3 is 2.69 bits per heavy atom. The Morgan fingerprint density at radius 1 is 1.62 bits per heavy atom. The van der Waals surface area contributed by atoms with Crippen molar-refractivity contribution >= 4 is 11.9 Å². The molecule has 1 saturated heterocycles. The molecule has 0 spiro atoms. The minimum absolute atomic E-state index is 0.176. The number of nitrogens with two attached hydrogens (primary N) is 1. The number of esters is 1. The summed E-state index contributed by atoms with van der Waals surface area (Å²) in [5, 5.41) is 0. The molecular formula is C8H14N2O3. The van der Waals surface area contributed by atoms with E-state index in [9.17, 15) is 9.59 Å². The number of methoxy groups -OCH3 is 1. The molecular weight excluding hydrogens is 172 g/mol. The smallest absolute Gasteiger partial charge is 0.306 e. The summed E-state index contributed by atoms with van der Waals surface area (Å²) in [7, 11) is 1.35. The van der Waals surface area contributed by atoms with E-state index in [1.165, 1.54) is 7.11 Å². The molecule has 13 heavy (non-hydrogen) atoms. The maximum Gasteiger partial charge on any atom is 0.306 e. The summed E-state index contributed by atoms with van der Waals surface area (Å²) in [5.41, 5.74) is 5.13. The van der Waals surface area contributed by atoms with E-state index in [0.29, 0.717) is 13.0 Å². The zero-order valence-corrected chi connectivity index (χ0v) is 7.66. The number of nitrogens with zero attached hydrogens (tertiary/aromatic N) is 1. The van der Waals surface area contributed by atoms with Crippen LogP contribution in [0, 0.1) is 0 Å². The molecule has 2 N–H and O–H groups in total. The van der Waals surface area contributed by atoms with Gasteiger partial charge in [0, 0.05) is 13.1 Å². The number of ether oxygens (including phenoxy) is 1. The standard InChI is InChI=1S/C8H14N2O3/c1-13-7(11)3-5-10-4-2-6(10)8(9)12/h6H,2-5H2,1H3,(H2,9,12). The van der Waals surface area contributed by atoms with Crippen molar-refractivity contribution in [2.45, 2.75) is 18.9 Å². The first-order valence-corrected chi connectivity index (χ1v) is 4.25. The zero-order chi connectivity index (χ0) is 9.84. The van der Waals surface area contributed by atoms with Gasteiger partial charge in [-0.25, -0.2) is 0 Å². The number of carbonyl (C=O) groups excluding carboxylic acids is 2. The molecule has 1 unspecified atom stereocenters. The van der Waals surface area contributed by atoms with Gasteiger partial charge >= 0.3 is 5.97 Å². The molecule has 5 nitrogen and oxygen atoms in total. The molecule has 0 saturated carbocycles. The van der Waals surface area contributed by atoms with Crippen LogP contribution in [0.1, 0.15) is 12.8 Å². The average molecular weight is 186 g/mol. The highest BCUT2D eigenvalue weighted by molar-refractivity contribution is 5.80. The van der Waals surface area contributed by atoms with E-state index in [2.05, 4.69) is 4.74 Å². The van der Waals surface area contributed by atoms with Gasteiger partial charge in [0.15, 0.2) is 0 Å². The summed E-state index contributed by atoms with van der Waals surface area (Å²) in [6.07, 6.45) is 1.12.